The molecule has 0 aliphatic heterocycles. The molecule has 3 aromatic rings. The molecule has 0 unspecified atom stereocenters. The van der Waals surface area contributed by atoms with Crippen LogP contribution in [-0.4, -0.2) is 28.5 Å². The number of benzene rings is 2. The smallest absolute Gasteiger partial charge is 0.265 e. The van der Waals surface area contributed by atoms with Crippen LogP contribution < -0.4 is 14.4 Å². The molecule has 0 bridgehead atoms. The van der Waals surface area contributed by atoms with Gasteiger partial charge in [-0.05, 0) is 55.0 Å². The molecule has 1 amide bonds. The summed E-state index contributed by atoms with van der Waals surface area (Å²) >= 11 is 1.08. The van der Waals surface area contributed by atoms with Crippen molar-refractivity contribution in [2.45, 2.75) is 11.8 Å². The quantitative estimate of drug-likeness (QED) is 0.655. The van der Waals surface area contributed by atoms with Gasteiger partial charge in [-0.2, -0.15) is 0 Å². The Labute approximate surface area is 168 Å². The lowest BCUT2D eigenvalue weighted by atomic mass is 10.2. The van der Waals surface area contributed by atoms with Crippen LogP contribution in [-0.2, 0) is 10.0 Å². The normalized spacial score (nSPS) is 11.1. The molecule has 0 radical (unpaired) electrons. The topological polar surface area (TPSA) is 75.7 Å². The Morgan fingerprint density at radius 3 is 2.46 bits per heavy atom. The van der Waals surface area contributed by atoms with Crippen molar-refractivity contribution in [1.82, 2.24) is 0 Å². The average molecular weight is 417 g/mol. The van der Waals surface area contributed by atoms with Gasteiger partial charge in [0.05, 0.1) is 22.6 Å². The number of rotatable bonds is 6. The zero-order valence-corrected chi connectivity index (χ0v) is 17.3. The lowest BCUT2D eigenvalue weighted by molar-refractivity contribution is 0.103. The van der Waals surface area contributed by atoms with Gasteiger partial charge in [-0.25, -0.2) is 8.42 Å². The largest absolute Gasteiger partial charge is 0.497 e. The molecule has 1 N–H and O–H groups in total. The fourth-order valence-corrected chi connectivity index (χ4v) is 4.90. The second-order valence-corrected chi connectivity index (χ2v) is 9.02. The predicted octanol–water partition coefficient (Wildman–Crippen LogP) is 4.14. The maximum atomic E-state index is 12.9. The fourth-order valence-electron chi connectivity index (χ4n) is 2.56. The van der Waals surface area contributed by atoms with Crippen molar-refractivity contribution in [3.63, 3.8) is 0 Å². The summed E-state index contributed by atoms with van der Waals surface area (Å²) in [6.45, 7) is 1.90. The van der Waals surface area contributed by atoms with Crippen molar-refractivity contribution in [3.8, 4) is 5.75 Å². The van der Waals surface area contributed by atoms with Crippen molar-refractivity contribution in [2.24, 2.45) is 0 Å². The summed E-state index contributed by atoms with van der Waals surface area (Å²) in [6, 6.07) is 15.5. The molecule has 3 rings (SSSR count). The van der Waals surface area contributed by atoms with E-state index in [0.717, 1.165) is 16.9 Å². The van der Waals surface area contributed by atoms with Crippen molar-refractivity contribution in [3.05, 3.63) is 70.4 Å². The van der Waals surface area contributed by atoms with E-state index in [2.05, 4.69) is 5.32 Å². The first-order valence-electron chi connectivity index (χ1n) is 8.41. The Hall–Kier alpha value is -2.84. The minimum absolute atomic E-state index is 0.0846. The number of carbonyl (C=O) groups is 1. The Balaban J connectivity index is 1.79. The van der Waals surface area contributed by atoms with Crippen molar-refractivity contribution in [1.29, 1.82) is 0 Å². The van der Waals surface area contributed by atoms with Gasteiger partial charge in [-0.1, -0.05) is 12.1 Å². The molecule has 0 aliphatic carbocycles. The number of sulfonamides is 1. The van der Waals surface area contributed by atoms with E-state index < -0.39 is 10.0 Å². The molecule has 28 heavy (non-hydrogen) atoms. The number of anilines is 2. The van der Waals surface area contributed by atoms with Gasteiger partial charge in [0, 0.05) is 18.1 Å². The van der Waals surface area contributed by atoms with Gasteiger partial charge in [-0.3, -0.25) is 9.10 Å². The van der Waals surface area contributed by atoms with Crippen LogP contribution in [0.1, 0.15) is 15.2 Å². The number of ether oxygens (including phenoxy) is 1. The van der Waals surface area contributed by atoms with E-state index >= 15 is 0 Å². The Bertz CT molecular complexity index is 1090. The monoisotopic (exact) mass is 416 g/mol. The van der Waals surface area contributed by atoms with Gasteiger partial charge >= 0.3 is 0 Å². The third-order valence-corrected chi connectivity index (χ3v) is 7.01. The van der Waals surface area contributed by atoms with Gasteiger partial charge in [0.15, 0.2) is 0 Å². The molecule has 0 fully saturated rings. The van der Waals surface area contributed by atoms with Gasteiger partial charge < -0.3 is 10.1 Å². The molecule has 0 saturated heterocycles. The van der Waals surface area contributed by atoms with Crippen LogP contribution in [0.4, 0.5) is 11.4 Å². The van der Waals surface area contributed by atoms with Crippen LogP contribution in [0.5, 0.6) is 5.75 Å². The SMILES string of the molecule is COc1ccc(NC(=O)c2cc(S(=O)(=O)N(C)c3cccc(C)c3)cs2)cc1. The molecule has 0 saturated carbocycles. The second-order valence-electron chi connectivity index (χ2n) is 6.14. The minimum Gasteiger partial charge on any atom is -0.497 e. The Kier molecular flexibility index (Phi) is 5.71. The highest BCUT2D eigenvalue weighted by atomic mass is 32.2. The highest BCUT2D eigenvalue weighted by Gasteiger charge is 2.24. The van der Waals surface area contributed by atoms with E-state index in [1.54, 1.807) is 49.6 Å². The molecular formula is C20H20N2O4S2. The van der Waals surface area contributed by atoms with E-state index in [4.69, 9.17) is 4.74 Å². The van der Waals surface area contributed by atoms with E-state index in [0.29, 0.717) is 22.0 Å². The number of nitrogens with zero attached hydrogens (tertiary/aromatic N) is 1. The Morgan fingerprint density at radius 1 is 1.11 bits per heavy atom. The standard InChI is InChI=1S/C20H20N2O4S2/c1-14-5-4-6-16(11-14)22(2)28(24,25)18-12-19(27-13-18)20(23)21-15-7-9-17(26-3)10-8-15/h4-13H,1-3H3,(H,21,23). The number of carbonyl (C=O) groups excluding carboxylic acids is 1. The summed E-state index contributed by atoms with van der Waals surface area (Å²) in [5.41, 5.74) is 2.13. The highest BCUT2D eigenvalue weighted by molar-refractivity contribution is 7.93. The molecule has 1 heterocycles. The van der Waals surface area contributed by atoms with Crippen LogP contribution in [0, 0.1) is 6.92 Å². The van der Waals surface area contributed by atoms with Crippen LogP contribution in [0.25, 0.3) is 0 Å². The molecule has 8 heteroatoms. The van der Waals surface area contributed by atoms with Crippen LogP contribution in [0.15, 0.2) is 64.9 Å². The molecule has 0 spiro atoms. The summed E-state index contributed by atoms with van der Waals surface area (Å²) in [4.78, 5) is 12.8. The van der Waals surface area contributed by atoms with Crippen LogP contribution >= 0.6 is 11.3 Å². The summed E-state index contributed by atoms with van der Waals surface area (Å²) in [6.07, 6.45) is 0. The zero-order valence-electron chi connectivity index (χ0n) is 15.7. The summed E-state index contributed by atoms with van der Waals surface area (Å²) in [7, 11) is -0.693. The van der Waals surface area contributed by atoms with Gasteiger partial charge in [0.25, 0.3) is 15.9 Å². The van der Waals surface area contributed by atoms with E-state index in [1.807, 2.05) is 13.0 Å². The molecule has 6 nitrogen and oxygen atoms in total. The van der Waals surface area contributed by atoms with E-state index in [1.165, 1.54) is 22.8 Å². The number of thiophene rings is 1. The molecule has 2 aromatic carbocycles. The predicted molar refractivity (Wildman–Crippen MR) is 112 cm³/mol. The molecule has 146 valence electrons. The molecule has 0 atom stereocenters. The lowest BCUT2D eigenvalue weighted by Gasteiger charge is -2.19. The fraction of sp³-hybridized carbons (Fsp3) is 0.150. The maximum absolute atomic E-state index is 12.9. The van der Waals surface area contributed by atoms with Crippen LogP contribution in [0.3, 0.4) is 0 Å². The zero-order chi connectivity index (χ0) is 20.3. The summed E-state index contributed by atoms with van der Waals surface area (Å²) in [5.74, 6) is 0.316. The third kappa shape index (κ3) is 4.18. The van der Waals surface area contributed by atoms with Crippen LogP contribution in [0.2, 0.25) is 0 Å². The summed E-state index contributed by atoms with van der Waals surface area (Å²) in [5, 5.41) is 4.23. The molecule has 1 aromatic heterocycles. The molecular weight excluding hydrogens is 396 g/mol. The van der Waals surface area contributed by atoms with Crippen molar-refractivity contribution >= 4 is 38.6 Å². The number of hydrogen-bond donors (Lipinski definition) is 1. The first kappa shape index (κ1) is 19.9. The number of nitrogens with one attached hydrogen (secondary N) is 1. The number of methoxy groups -OCH3 is 1. The maximum Gasteiger partial charge on any atom is 0.265 e. The van der Waals surface area contributed by atoms with E-state index in [-0.39, 0.29) is 10.8 Å². The number of aryl methyl sites for hydroxylation is 1. The first-order chi connectivity index (χ1) is 13.3. The van der Waals surface area contributed by atoms with E-state index in [9.17, 15) is 13.2 Å². The van der Waals surface area contributed by atoms with Gasteiger partial charge in [0.2, 0.25) is 0 Å². The van der Waals surface area contributed by atoms with Crippen molar-refractivity contribution < 1.29 is 17.9 Å². The van der Waals surface area contributed by atoms with Gasteiger partial charge in [0.1, 0.15) is 5.75 Å². The first-order valence-corrected chi connectivity index (χ1v) is 10.7. The average Bonchev–Trinajstić information content (AvgIpc) is 3.19. The minimum atomic E-state index is -3.76. The third-order valence-electron chi connectivity index (χ3n) is 4.17. The Morgan fingerprint density at radius 2 is 1.82 bits per heavy atom. The second kappa shape index (κ2) is 8.04. The lowest BCUT2D eigenvalue weighted by Crippen LogP contribution is -2.26. The number of amides is 1. The van der Waals surface area contributed by atoms with Crippen molar-refractivity contribution in [2.75, 3.05) is 23.8 Å². The molecule has 0 aliphatic rings. The summed E-state index contributed by atoms with van der Waals surface area (Å²) < 4.78 is 32.1. The highest BCUT2D eigenvalue weighted by Crippen LogP contribution is 2.27. The number of hydrogen-bond acceptors (Lipinski definition) is 5. The van der Waals surface area contributed by atoms with Gasteiger partial charge in [-0.15, -0.1) is 11.3 Å².